The zero-order chi connectivity index (χ0) is 15.1. The number of nitrogens with one attached hydrogen (secondary N) is 2. The standard InChI is InChI=1S/C16H16N4O/c1-12-5-7-13(8-6-12)16(21)19-10-9-18-15-4-2-3-14(11-17)20-15/h2-8H,9-10H2,1H3,(H,18,20)(H,19,21). The topological polar surface area (TPSA) is 77.8 Å². The molecule has 0 radical (unpaired) electrons. The van der Waals surface area contributed by atoms with Crippen LogP contribution in [0.5, 0.6) is 0 Å². The molecule has 2 rings (SSSR count). The van der Waals surface area contributed by atoms with E-state index in [0.717, 1.165) is 5.56 Å². The molecule has 0 fully saturated rings. The Balaban J connectivity index is 1.78. The van der Waals surface area contributed by atoms with Gasteiger partial charge >= 0.3 is 0 Å². The van der Waals surface area contributed by atoms with Crippen LogP contribution in [-0.2, 0) is 0 Å². The molecule has 0 unspecified atom stereocenters. The van der Waals surface area contributed by atoms with Crippen LogP contribution in [0.1, 0.15) is 21.6 Å². The normalized spacial score (nSPS) is 9.71. The van der Waals surface area contributed by atoms with Gasteiger partial charge in [0.2, 0.25) is 0 Å². The van der Waals surface area contributed by atoms with Gasteiger partial charge in [0.1, 0.15) is 17.6 Å². The van der Waals surface area contributed by atoms with Crippen molar-refractivity contribution in [3.63, 3.8) is 0 Å². The summed E-state index contributed by atoms with van der Waals surface area (Å²) in [5.74, 6) is 0.522. The number of nitriles is 1. The molecule has 2 aromatic rings. The van der Waals surface area contributed by atoms with Crippen LogP contribution >= 0.6 is 0 Å². The molecule has 1 heterocycles. The van der Waals surface area contributed by atoms with Crippen molar-refractivity contribution in [1.82, 2.24) is 10.3 Å². The van der Waals surface area contributed by atoms with Gasteiger partial charge in [-0.1, -0.05) is 23.8 Å². The maximum absolute atomic E-state index is 11.9. The zero-order valence-electron chi connectivity index (χ0n) is 11.8. The number of hydrogen-bond donors (Lipinski definition) is 2. The highest BCUT2D eigenvalue weighted by atomic mass is 16.1. The summed E-state index contributed by atoms with van der Waals surface area (Å²) < 4.78 is 0. The summed E-state index contributed by atoms with van der Waals surface area (Å²) in [4.78, 5) is 16.0. The number of benzene rings is 1. The maximum Gasteiger partial charge on any atom is 0.251 e. The van der Waals surface area contributed by atoms with Crippen molar-refractivity contribution >= 4 is 11.7 Å². The summed E-state index contributed by atoms with van der Waals surface area (Å²) in [6, 6.07) is 14.6. The molecule has 5 heteroatoms. The van der Waals surface area contributed by atoms with Crippen LogP contribution in [0.3, 0.4) is 0 Å². The molecule has 0 atom stereocenters. The summed E-state index contributed by atoms with van der Waals surface area (Å²) in [6.45, 7) is 3.00. The highest BCUT2D eigenvalue weighted by molar-refractivity contribution is 5.94. The molecule has 0 saturated heterocycles. The van der Waals surface area contributed by atoms with Crippen molar-refractivity contribution < 1.29 is 4.79 Å². The Labute approximate surface area is 123 Å². The number of aromatic nitrogens is 1. The Morgan fingerprint density at radius 2 is 1.95 bits per heavy atom. The lowest BCUT2D eigenvalue weighted by Crippen LogP contribution is -2.28. The second-order valence-electron chi connectivity index (χ2n) is 4.57. The number of carbonyl (C=O) groups excluding carboxylic acids is 1. The van der Waals surface area contributed by atoms with E-state index >= 15 is 0 Å². The maximum atomic E-state index is 11.9. The highest BCUT2D eigenvalue weighted by Gasteiger charge is 2.03. The molecule has 0 aliphatic rings. The van der Waals surface area contributed by atoms with Gasteiger partial charge in [-0.2, -0.15) is 5.26 Å². The molecular formula is C16H16N4O. The number of anilines is 1. The average Bonchev–Trinajstić information content (AvgIpc) is 2.52. The third kappa shape index (κ3) is 4.32. The van der Waals surface area contributed by atoms with E-state index < -0.39 is 0 Å². The lowest BCUT2D eigenvalue weighted by Gasteiger charge is -2.07. The summed E-state index contributed by atoms with van der Waals surface area (Å²) in [5.41, 5.74) is 2.13. The summed E-state index contributed by atoms with van der Waals surface area (Å²) in [7, 11) is 0. The first-order valence-corrected chi connectivity index (χ1v) is 6.65. The minimum atomic E-state index is -0.101. The minimum Gasteiger partial charge on any atom is -0.368 e. The molecule has 0 aliphatic carbocycles. The van der Waals surface area contributed by atoms with Crippen LogP contribution in [0, 0.1) is 18.3 Å². The van der Waals surface area contributed by atoms with Crippen LogP contribution in [0.15, 0.2) is 42.5 Å². The van der Waals surface area contributed by atoms with Gasteiger partial charge in [-0.3, -0.25) is 4.79 Å². The number of hydrogen-bond acceptors (Lipinski definition) is 4. The Bertz CT molecular complexity index is 659. The zero-order valence-corrected chi connectivity index (χ0v) is 11.8. The SMILES string of the molecule is Cc1ccc(C(=O)NCCNc2cccc(C#N)n2)cc1. The van der Waals surface area contributed by atoms with Crippen LogP contribution in [0.25, 0.3) is 0 Å². The van der Waals surface area contributed by atoms with Gasteiger partial charge in [-0.05, 0) is 31.2 Å². The molecule has 1 aromatic heterocycles. The smallest absolute Gasteiger partial charge is 0.251 e. The first kappa shape index (κ1) is 14.5. The molecule has 0 saturated carbocycles. The first-order chi connectivity index (χ1) is 10.2. The first-order valence-electron chi connectivity index (χ1n) is 6.65. The summed E-state index contributed by atoms with van der Waals surface area (Å²) in [5, 5.41) is 14.6. The van der Waals surface area contributed by atoms with Gasteiger partial charge in [0, 0.05) is 18.7 Å². The quantitative estimate of drug-likeness (QED) is 0.822. The number of amides is 1. The molecule has 21 heavy (non-hydrogen) atoms. The molecule has 1 aromatic carbocycles. The molecule has 0 aliphatic heterocycles. The Morgan fingerprint density at radius 3 is 2.67 bits per heavy atom. The van der Waals surface area contributed by atoms with E-state index in [1.807, 2.05) is 25.1 Å². The molecule has 0 bridgehead atoms. The average molecular weight is 280 g/mol. The van der Waals surface area contributed by atoms with Crippen molar-refractivity contribution in [2.24, 2.45) is 0 Å². The lowest BCUT2D eigenvalue weighted by atomic mass is 10.1. The fourth-order valence-corrected chi connectivity index (χ4v) is 1.77. The number of carbonyl (C=O) groups is 1. The van der Waals surface area contributed by atoms with Gasteiger partial charge in [-0.15, -0.1) is 0 Å². The summed E-state index contributed by atoms with van der Waals surface area (Å²) in [6.07, 6.45) is 0. The number of nitrogens with zero attached hydrogens (tertiary/aromatic N) is 2. The van der Waals surface area contributed by atoms with Crippen LogP contribution in [-0.4, -0.2) is 24.0 Å². The molecule has 5 nitrogen and oxygen atoms in total. The Hall–Kier alpha value is -2.87. The van der Waals surface area contributed by atoms with Crippen LogP contribution in [0.2, 0.25) is 0 Å². The highest BCUT2D eigenvalue weighted by Crippen LogP contribution is 2.04. The van der Waals surface area contributed by atoms with Gasteiger partial charge in [0.15, 0.2) is 0 Å². The van der Waals surface area contributed by atoms with E-state index in [1.54, 1.807) is 30.3 Å². The number of pyridine rings is 1. The largest absolute Gasteiger partial charge is 0.368 e. The van der Waals surface area contributed by atoms with Gasteiger partial charge in [0.25, 0.3) is 5.91 Å². The number of rotatable bonds is 5. The lowest BCUT2D eigenvalue weighted by molar-refractivity contribution is 0.0955. The monoisotopic (exact) mass is 280 g/mol. The van der Waals surface area contributed by atoms with Crippen molar-refractivity contribution in [2.45, 2.75) is 6.92 Å². The van der Waals surface area contributed by atoms with Crippen LogP contribution < -0.4 is 10.6 Å². The van der Waals surface area contributed by atoms with E-state index in [4.69, 9.17) is 5.26 Å². The molecule has 106 valence electrons. The van der Waals surface area contributed by atoms with Gasteiger partial charge in [0.05, 0.1) is 0 Å². The van der Waals surface area contributed by atoms with E-state index in [9.17, 15) is 4.79 Å². The molecule has 2 N–H and O–H groups in total. The predicted octanol–water partition coefficient (Wildman–Crippen LogP) is 2.10. The van der Waals surface area contributed by atoms with Gasteiger partial charge < -0.3 is 10.6 Å². The van der Waals surface area contributed by atoms with Crippen molar-refractivity contribution in [3.8, 4) is 6.07 Å². The second-order valence-corrected chi connectivity index (χ2v) is 4.57. The molecule has 1 amide bonds. The molecular weight excluding hydrogens is 264 g/mol. The fraction of sp³-hybridized carbons (Fsp3) is 0.188. The minimum absolute atomic E-state index is 0.101. The van der Waals surface area contributed by atoms with Gasteiger partial charge in [-0.25, -0.2) is 4.98 Å². The molecule has 0 spiro atoms. The van der Waals surface area contributed by atoms with E-state index in [1.165, 1.54) is 0 Å². The second kappa shape index (κ2) is 7.06. The van der Waals surface area contributed by atoms with Crippen LogP contribution in [0.4, 0.5) is 5.82 Å². The van der Waals surface area contributed by atoms with E-state index in [2.05, 4.69) is 15.6 Å². The van der Waals surface area contributed by atoms with Crippen molar-refractivity contribution in [1.29, 1.82) is 5.26 Å². The predicted molar refractivity (Wildman–Crippen MR) is 81.0 cm³/mol. The third-order valence-electron chi connectivity index (χ3n) is 2.89. The summed E-state index contributed by atoms with van der Waals surface area (Å²) >= 11 is 0. The van der Waals surface area contributed by atoms with E-state index in [-0.39, 0.29) is 5.91 Å². The Morgan fingerprint density at radius 1 is 1.19 bits per heavy atom. The van der Waals surface area contributed by atoms with E-state index in [0.29, 0.717) is 30.2 Å². The third-order valence-corrected chi connectivity index (χ3v) is 2.89. The number of aryl methyl sites for hydroxylation is 1. The Kier molecular flexibility index (Phi) is 4.89. The van der Waals surface area contributed by atoms with Crippen molar-refractivity contribution in [3.05, 3.63) is 59.3 Å². The fourth-order valence-electron chi connectivity index (χ4n) is 1.77. The van der Waals surface area contributed by atoms with Crippen molar-refractivity contribution in [2.75, 3.05) is 18.4 Å².